The average Bonchev–Trinajstić information content (AvgIpc) is 3.03. The predicted molar refractivity (Wildman–Crippen MR) is 93.5 cm³/mol. The Balaban J connectivity index is 1.79. The van der Waals surface area contributed by atoms with E-state index in [0.717, 1.165) is 11.3 Å². The molecule has 1 amide bonds. The topological polar surface area (TPSA) is 51.2 Å². The van der Waals surface area contributed by atoms with Crippen molar-refractivity contribution in [3.8, 4) is 17.0 Å². The highest BCUT2D eigenvalue weighted by Gasteiger charge is 2.12. The zero-order valence-electron chi connectivity index (χ0n) is 12.2. The van der Waals surface area contributed by atoms with E-state index in [1.807, 2.05) is 29.6 Å². The number of hydrogen-bond donors (Lipinski definition) is 1. The fourth-order valence-electron chi connectivity index (χ4n) is 2.06. The number of thiazole rings is 1. The number of hydrogen-bond acceptors (Lipinski definition) is 4. The lowest BCUT2D eigenvalue weighted by atomic mass is 10.2. The molecule has 4 nitrogen and oxygen atoms in total. The minimum atomic E-state index is -0.232. The van der Waals surface area contributed by atoms with E-state index in [0.29, 0.717) is 21.5 Å². The maximum atomic E-state index is 12.3. The second-order valence-corrected chi connectivity index (χ2v) is 5.97. The van der Waals surface area contributed by atoms with Crippen LogP contribution in [0.3, 0.4) is 0 Å². The number of anilines is 1. The summed E-state index contributed by atoms with van der Waals surface area (Å²) in [6.07, 6.45) is 0. The summed E-state index contributed by atoms with van der Waals surface area (Å²) in [5.74, 6) is 0.400. The van der Waals surface area contributed by atoms with Crippen LogP contribution in [-0.2, 0) is 0 Å². The third kappa shape index (κ3) is 3.52. The summed E-state index contributed by atoms with van der Waals surface area (Å²) in [6, 6.07) is 14.4. The van der Waals surface area contributed by atoms with Gasteiger partial charge in [0, 0.05) is 21.5 Å². The number of carbonyl (C=O) groups excluding carboxylic acids is 1. The van der Waals surface area contributed by atoms with Crippen LogP contribution >= 0.6 is 22.9 Å². The standard InChI is InChI=1S/C17H13ClN2O2S/c1-22-12-6-4-5-11(9-12)16(21)20-17-19-15(10-23-17)13-7-2-3-8-14(13)18/h2-10H,1H3,(H,19,20,21). The molecule has 0 unspecified atom stereocenters. The number of aromatic nitrogens is 1. The minimum absolute atomic E-state index is 0.232. The molecule has 116 valence electrons. The highest BCUT2D eigenvalue weighted by molar-refractivity contribution is 7.14. The molecule has 0 aliphatic heterocycles. The van der Waals surface area contributed by atoms with Crippen molar-refractivity contribution in [3.05, 3.63) is 64.5 Å². The molecule has 0 aliphatic rings. The van der Waals surface area contributed by atoms with Crippen LogP contribution in [0.15, 0.2) is 53.9 Å². The molecule has 0 saturated carbocycles. The van der Waals surface area contributed by atoms with Gasteiger partial charge in [-0.2, -0.15) is 0 Å². The number of amides is 1. The van der Waals surface area contributed by atoms with Crippen molar-refractivity contribution in [2.24, 2.45) is 0 Å². The Labute approximate surface area is 142 Å². The molecule has 23 heavy (non-hydrogen) atoms. The number of benzene rings is 2. The molecule has 0 atom stereocenters. The molecule has 1 N–H and O–H groups in total. The molecule has 0 bridgehead atoms. The predicted octanol–water partition coefficient (Wildman–Crippen LogP) is 4.72. The second-order valence-electron chi connectivity index (χ2n) is 4.70. The van der Waals surface area contributed by atoms with Crippen LogP contribution in [0.1, 0.15) is 10.4 Å². The molecular formula is C17H13ClN2O2S. The van der Waals surface area contributed by atoms with Crippen LogP contribution in [0, 0.1) is 0 Å². The summed E-state index contributed by atoms with van der Waals surface area (Å²) in [7, 11) is 1.56. The van der Waals surface area contributed by atoms with Crippen LogP contribution in [-0.4, -0.2) is 18.0 Å². The Hall–Kier alpha value is -2.37. The number of methoxy groups -OCH3 is 1. The van der Waals surface area contributed by atoms with E-state index < -0.39 is 0 Å². The zero-order valence-corrected chi connectivity index (χ0v) is 13.8. The number of ether oxygens (including phenoxy) is 1. The lowest BCUT2D eigenvalue weighted by Crippen LogP contribution is -2.11. The Morgan fingerprint density at radius 1 is 1.22 bits per heavy atom. The molecule has 0 spiro atoms. The molecule has 0 saturated heterocycles. The van der Waals surface area contributed by atoms with Gasteiger partial charge in [0.15, 0.2) is 5.13 Å². The largest absolute Gasteiger partial charge is 0.497 e. The smallest absolute Gasteiger partial charge is 0.257 e. The lowest BCUT2D eigenvalue weighted by molar-refractivity contribution is 0.102. The van der Waals surface area contributed by atoms with Gasteiger partial charge in [0.2, 0.25) is 0 Å². The maximum absolute atomic E-state index is 12.3. The van der Waals surface area contributed by atoms with Crippen LogP contribution in [0.2, 0.25) is 5.02 Å². The number of carbonyl (C=O) groups is 1. The van der Waals surface area contributed by atoms with Crippen LogP contribution < -0.4 is 10.1 Å². The van der Waals surface area contributed by atoms with Gasteiger partial charge in [-0.15, -0.1) is 11.3 Å². The van der Waals surface area contributed by atoms with Gasteiger partial charge in [-0.05, 0) is 24.3 Å². The Morgan fingerprint density at radius 3 is 2.83 bits per heavy atom. The van der Waals surface area contributed by atoms with Crippen molar-refractivity contribution < 1.29 is 9.53 Å². The van der Waals surface area contributed by atoms with E-state index in [1.54, 1.807) is 31.4 Å². The lowest BCUT2D eigenvalue weighted by Gasteiger charge is -2.04. The summed E-state index contributed by atoms with van der Waals surface area (Å²) < 4.78 is 5.12. The van der Waals surface area contributed by atoms with Gasteiger partial charge in [-0.3, -0.25) is 10.1 Å². The Morgan fingerprint density at radius 2 is 2.04 bits per heavy atom. The summed E-state index contributed by atoms with van der Waals surface area (Å²) in [6.45, 7) is 0. The number of rotatable bonds is 4. The summed E-state index contributed by atoms with van der Waals surface area (Å²) in [5, 5.41) is 5.80. The van der Waals surface area contributed by atoms with E-state index >= 15 is 0 Å². The second kappa shape index (κ2) is 6.81. The quantitative estimate of drug-likeness (QED) is 0.744. The highest BCUT2D eigenvalue weighted by Crippen LogP contribution is 2.30. The monoisotopic (exact) mass is 344 g/mol. The Bertz CT molecular complexity index is 848. The zero-order chi connectivity index (χ0) is 16.2. The first kappa shape index (κ1) is 15.5. The molecular weight excluding hydrogens is 332 g/mol. The molecule has 3 aromatic rings. The molecule has 6 heteroatoms. The molecule has 2 aromatic carbocycles. The summed E-state index contributed by atoms with van der Waals surface area (Å²) in [5.41, 5.74) is 2.09. The SMILES string of the molecule is COc1cccc(C(=O)Nc2nc(-c3ccccc3Cl)cs2)c1. The van der Waals surface area contributed by atoms with E-state index in [1.165, 1.54) is 11.3 Å². The summed E-state index contributed by atoms with van der Waals surface area (Å²) >= 11 is 7.52. The van der Waals surface area contributed by atoms with E-state index in [2.05, 4.69) is 10.3 Å². The number of nitrogens with zero attached hydrogens (tertiary/aromatic N) is 1. The third-order valence-corrected chi connectivity index (χ3v) is 4.29. The fraction of sp³-hybridized carbons (Fsp3) is 0.0588. The molecule has 0 radical (unpaired) electrons. The highest BCUT2D eigenvalue weighted by atomic mass is 35.5. The van der Waals surface area contributed by atoms with Crippen molar-refractivity contribution in [1.82, 2.24) is 4.98 Å². The summed E-state index contributed by atoms with van der Waals surface area (Å²) in [4.78, 5) is 16.7. The third-order valence-electron chi connectivity index (χ3n) is 3.21. The average molecular weight is 345 g/mol. The van der Waals surface area contributed by atoms with Gasteiger partial charge in [-0.25, -0.2) is 4.98 Å². The molecule has 0 aliphatic carbocycles. The van der Waals surface area contributed by atoms with Crippen LogP contribution in [0.25, 0.3) is 11.3 Å². The van der Waals surface area contributed by atoms with E-state index in [9.17, 15) is 4.79 Å². The van der Waals surface area contributed by atoms with Crippen molar-refractivity contribution in [3.63, 3.8) is 0 Å². The Kier molecular flexibility index (Phi) is 4.60. The number of nitrogens with one attached hydrogen (secondary N) is 1. The molecule has 0 fully saturated rings. The van der Waals surface area contributed by atoms with Gasteiger partial charge in [0.25, 0.3) is 5.91 Å². The number of halogens is 1. The first-order valence-electron chi connectivity index (χ1n) is 6.83. The van der Waals surface area contributed by atoms with Gasteiger partial charge in [0.05, 0.1) is 12.8 Å². The van der Waals surface area contributed by atoms with Gasteiger partial charge in [-0.1, -0.05) is 35.9 Å². The van der Waals surface area contributed by atoms with Crippen LogP contribution in [0.5, 0.6) is 5.75 Å². The van der Waals surface area contributed by atoms with Crippen molar-refractivity contribution in [1.29, 1.82) is 0 Å². The minimum Gasteiger partial charge on any atom is -0.497 e. The van der Waals surface area contributed by atoms with Gasteiger partial charge < -0.3 is 4.74 Å². The maximum Gasteiger partial charge on any atom is 0.257 e. The molecule has 3 rings (SSSR count). The molecule has 1 heterocycles. The van der Waals surface area contributed by atoms with Gasteiger partial charge >= 0.3 is 0 Å². The van der Waals surface area contributed by atoms with Crippen LogP contribution in [0.4, 0.5) is 5.13 Å². The van der Waals surface area contributed by atoms with Crippen molar-refractivity contribution >= 4 is 34.0 Å². The molecule has 1 aromatic heterocycles. The first-order valence-corrected chi connectivity index (χ1v) is 8.09. The van der Waals surface area contributed by atoms with E-state index in [-0.39, 0.29) is 5.91 Å². The van der Waals surface area contributed by atoms with Crippen molar-refractivity contribution in [2.75, 3.05) is 12.4 Å². The normalized spacial score (nSPS) is 10.3. The van der Waals surface area contributed by atoms with Gasteiger partial charge in [0.1, 0.15) is 5.75 Å². The first-order chi connectivity index (χ1) is 11.2. The fourth-order valence-corrected chi connectivity index (χ4v) is 3.00. The van der Waals surface area contributed by atoms with E-state index in [4.69, 9.17) is 16.3 Å². The van der Waals surface area contributed by atoms with Crippen molar-refractivity contribution in [2.45, 2.75) is 0 Å².